The van der Waals surface area contributed by atoms with Crippen LogP contribution in [0.2, 0.25) is 0 Å². The van der Waals surface area contributed by atoms with Crippen LogP contribution in [0, 0.1) is 5.92 Å². The van der Waals surface area contributed by atoms with Gasteiger partial charge < -0.3 is 9.84 Å². The molecule has 0 aliphatic heterocycles. The van der Waals surface area contributed by atoms with Gasteiger partial charge in [-0.1, -0.05) is 19.0 Å². The van der Waals surface area contributed by atoms with E-state index in [9.17, 15) is 4.79 Å². The summed E-state index contributed by atoms with van der Waals surface area (Å²) in [5.41, 5.74) is 0. The average molecular weight is 265 g/mol. The Morgan fingerprint density at radius 1 is 1.42 bits per heavy atom. The summed E-state index contributed by atoms with van der Waals surface area (Å²) in [5.74, 6) is 2.13. The van der Waals surface area contributed by atoms with E-state index in [4.69, 9.17) is 4.52 Å². The van der Waals surface area contributed by atoms with E-state index >= 15 is 0 Å². The van der Waals surface area contributed by atoms with Crippen LogP contribution in [-0.4, -0.2) is 22.1 Å². The van der Waals surface area contributed by atoms with E-state index in [2.05, 4.69) is 29.3 Å². The molecule has 1 saturated carbocycles. The van der Waals surface area contributed by atoms with Crippen LogP contribution in [-0.2, 0) is 17.6 Å². The molecule has 0 saturated heterocycles. The fourth-order valence-corrected chi connectivity index (χ4v) is 2.58. The van der Waals surface area contributed by atoms with E-state index in [0.717, 1.165) is 37.4 Å². The second-order valence-electron chi connectivity index (χ2n) is 5.54. The van der Waals surface area contributed by atoms with Gasteiger partial charge in [0.15, 0.2) is 5.82 Å². The molecule has 0 bridgehead atoms. The summed E-state index contributed by atoms with van der Waals surface area (Å²) in [5, 5.41) is 6.96. The molecule has 0 spiro atoms. The van der Waals surface area contributed by atoms with E-state index in [1.54, 1.807) is 0 Å². The standard InChI is InChI=1S/C14H23N3O2/c1-3-4-12-16-14(19-17-12)8-7-13(18)15-11-6-5-10(2)9-11/h10-11H,3-9H2,1-2H3,(H,15,18). The van der Waals surface area contributed by atoms with Gasteiger partial charge in [0.1, 0.15) is 0 Å². The highest BCUT2D eigenvalue weighted by molar-refractivity contribution is 5.76. The first-order chi connectivity index (χ1) is 9.17. The largest absolute Gasteiger partial charge is 0.353 e. The van der Waals surface area contributed by atoms with E-state index in [-0.39, 0.29) is 5.91 Å². The first kappa shape index (κ1) is 14.0. The van der Waals surface area contributed by atoms with Crippen LogP contribution in [0.3, 0.4) is 0 Å². The van der Waals surface area contributed by atoms with Gasteiger partial charge in [0.2, 0.25) is 11.8 Å². The molecule has 106 valence electrons. The normalized spacial score (nSPS) is 22.6. The molecule has 0 aromatic carbocycles. The second-order valence-corrected chi connectivity index (χ2v) is 5.54. The molecule has 19 heavy (non-hydrogen) atoms. The Bertz CT molecular complexity index is 417. The Kier molecular flexibility index (Phi) is 4.93. The Labute approximate surface area is 114 Å². The summed E-state index contributed by atoms with van der Waals surface area (Å²) in [4.78, 5) is 16.1. The molecule has 1 amide bonds. The van der Waals surface area contributed by atoms with Gasteiger partial charge in [0, 0.05) is 25.3 Å². The summed E-state index contributed by atoms with van der Waals surface area (Å²) < 4.78 is 5.11. The molecular formula is C14H23N3O2. The van der Waals surface area contributed by atoms with Crippen molar-refractivity contribution in [1.82, 2.24) is 15.5 Å². The maximum absolute atomic E-state index is 11.8. The van der Waals surface area contributed by atoms with Gasteiger partial charge in [-0.15, -0.1) is 0 Å². The lowest BCUT2D eigenvalue weighted by molar-refractivity contribution is -0.121. The smallest absolute Gasteiger partial charge is 0.227 e. The quantitative estimate of drug-likeness (QED) is 0.856. The maximum atomic E-state index is 11.8. The first-order valence-electron chi connectivity index (χ1n) is 7.28. The number of carbonyl (C=O) groups is 1. The molecular weight excluding hydrogens is 242 g/mol. The SMILES string of the molecule is CCCc1noc(CCC(=O)NC2CCC(C)C2)n1. The van der Waals surface area contributed by atoms with Gasteiger partial charge in [-0.2, -0.15) is 4.98 Å². The minimum atomic E-state index is 0.0920. The van der Waals surface area contributed by atoms with Crippen molar-refractivity contribution < 1.29 is 9.32 Å². The third-order valence-corrected chi connectivity index (χ3v) is 3.61. The van der Waals surface area contributed by atoms with Crippen LogP contribution >= 0.6 is 0 Å². The number of aryl methyl sites for hydroxylation is 2. The lowest BCUT2D eigenvalue weighted by Crippen LogP contribution is -2.33. The lowest BCUT2D eigenvalue weighted by atomic mass is 10.1. The van der Waals surface area contributed by atoms with Crippen molar-refractivity contribution in [3.05, 3.63) is 11.7 Å². The van der Waals surface area contributed by atoms with Crippen molar-refractivity contribution in [3.8, 4) is 0 Å². The topological polar surface area (TPSA) is 68.0 Å². The number of nitrogens with zero attached hydrogens (tertiary/aromatic N) is 2. The minimum Gasteiger partial charge on any atom is -0.353 e. The summed E-state index contributed by atoms with van der Waals surface area (Å²) in [6.45, 7) is 4.31. The third kappa shape index (κ3) is 4.33. The fourth-order valence-electron chi connectivity index (χ4n) is 2.58. The van der Waals surface area contributed by atoms with Crippen LogP contribution in [0.4, 0.5) is 0 Å². The summed E-state index contributed by atoms with van der Waals surface area (Å²) in [6, 6.07) is 0.362. The number of aromatic nitrogens is 2. The highest BCUT2D eigenvalue weighted by atomic mass is 16.5. The number of amides is 1. The number of nitrogens with one attached hydrogen (secondary N) is 1. The zero-order valence-corrected chi connectivity index (χ0v) is 11.8. The zero-order chi connectivity index (χ0) is 13.7. The summed E-state index contributed by atoms with van der Waals surface area (Å²) in [7, 11) is 0. The molecule has 2 rings (SSSR count). The fraction of sp³-hybridized carbons (Fsp3) is 0.786. The molecule has 1 heterocycles. The van der Waals surface area contributed by atoms with Crippen molar-refractivity contribution in [3.63, 3.8) is 0 Å². The van der Waals surface area contributed by atoms with E-state index < -0.39 is 0 Å². The molecule has 1 N–H and O–H groups in total. The minimum absolute atomic E-state index is 0.0920. The predicted molar refractivity (Wildman–Crippen MR) is 71.6 cm³/mol. The Hall–Kier alpha value is -1.39. The monoisotopic (exact) mass is 265 g/mol. The first-order valence-corrected chi connectivity index (χ1v) is 7.28. The van der Waals surface area contributed by atoms with Crippen molar-refractivity contribution >= 4 is 5.91 Å². The van der Waals surface area contributed by atoms with E-state index in [0.29, 0.717) is 24.8 Å². The van der Waals surface area contributed by atoms with E-state index in [1.165, 1.54) is 6.42 Å². The Balaban J connectivity index is 1.70. The van der Waals surface area contributed by atoms with Gasteiger partial charge >= 0.3 is 0 Å². The van der Waals surface area contributed by atoms with Crippen LogP contribution in [0.15, 0.2) is 4.52 Å². The lowest BCUT2D eigenvalue weighted by Gasteiger charge is -2.11. The van der Waals surface area contributed by atoms with Gasteiger partial charge in [-0.05, 0) is 31.6 Å². The second kappa shape index (κ2) is 6.68. The molecule has 2 atom stereocenters. The Morgan fingerprint density at radius 2 is 2.26 bits per heavy atom. The predicted octanol–water partition coefficient (Wildman–Crippen LogP) is 2.26. The van der Waals surface area contributed by atoms with Crippen LogP contribution < -0.4 is 5.32 Å². The third-order valence-electron chi connectivity index (χ3n) is 3.61. The molecule has 1 aliphatic carbocycles. The van der Waals surface area contributed by atoms with Gasteiger partial charge in [0.25, 0.3) is 0 Å². The molecule has 1 aromatic heterocycles. The van der Waals surface area contributed by atoms with Crippen molar-refractivity contribution in [2.75, 3.05) is 0 Å². The van der Waals surface area contributed by atoms with Crippen molar-refractivity contribution in [2.45, 2.75) is 64.8 Å². The summed E-state index contributed by atoms with van der Waals surface area (Å²) in [6.07, 6.45) is 6.22. The highest BCUT2D eigenvalue weighted by Crippen LogP contribution is 2.24. The molecule has 1 fully saturated rings. The highest BCUT2D eigenvalue weighted by Gasteiger charge is 2.22. The maximum Gasteiger partial charge on any atom is 0.227 e. The van der Waals surface area contributed by atoms with Gasteiger partial charge in [0.05, 0.1) is 0 Å². The Morgan fingerprint density at radius 3 is 2.95 bits per heavy atom. The molecule has 5 heteroatoms. The number of hydrogen-bond donors (Lipinski definition) is 1. The van der Waals surface area contributed by atoms with Gasteiger partial charge in [-0.25, -0.2) is 0 Å². The molecule has 1 aliphatic rings. The number of rotatable bonds is 6. The molecule has 0 radical (unpaired) electrons. The van der Waals surface area contributed by atoms with E-state index in [1.807, 2.05) is 0 Å². The number of carbonyl (C=O) groups excluding carboxylic acids is 1. The van der Waals surface area contributed by atoms with Crippen molar-refractivity contribution in [2.24, 2.45) is 5.92 Å². The molecule has 5 nitrogen and oxygen atoms in total. The van der Waals surface area contributed by atoms with Gasteiger partial charge in [-0.3, -0.25) is 4.79 Å². The average Bonchev–Trinajstić information content (AvgIpc) is 2.97. The number of hydrogen-bond acceptors (Lipinski definition) is 4. The summed E-state index contributed by atoms with van der Waals surface area (Å²) >= 11 is 0. The zero-order valence-electron chi connectivity index (χ0n) is 11.8. The molecule has 2 unspecified atom stereocenters. The van der Waals surface area contributed by atoms with Crippen LogP contribution in [0.25, 0.3) is 0 Å². The van der Waals surface area contributed by atoms with Crippen LogP contribution in [0.5, 0.6) is 0 Å². The van der Waals surface area contributed by atoms with Crippen LogP contribution in [0.1, 0.15) is 57.7 Å². The van der Waals surface area contributed by atoms with Crippen molar-refractivity contribution in [1.29, 1.82) is 0 Å². The molecule has 1 aromatic rings.